The molecule has 2 aromatic rings. The van der Waals surface area contributed by atoms with E-state index in [1.165, 1.54) is 0 Å². The van der Waals surface area contributed by atoms with E-state index in [1.807, 2.05) is 64.4 Å². The van der Waals surface area contributed by atoms with Crippen LogP contribution in [0.1, 0.15) is 22.3 Å². The minimum Gasteiger partial charge on any atom is -0.399 e. The lowest BCUT2D eigenvalue weighted by Crippen LogP contribution is -2.38. The fourth-order valence-electron chi connectivity index (χ4n) is 3.06. The van der Waals surface area contributed by atoms with Crippen LogP contribution in [0.2, 0.25) is 0 Å². The van der Waals surface area contributed by atoms with Crippen LogP contribution in [0, 0.1) is 0 Å². The van der Waals surface area contributed by atoms with Crippen molar-refractivity contribution in [1.82, 2.24) is 9.80 Å². The second kappa shape index (κ2) is 7.83. The van der Waals surface area contributed by atoms with Crippen molar-refractivity contribution < 1.29 is 9.59 Å². The number of benzene rings is 2. The summed E-state index contributed by atoms with van der Waals surface area (Å²) >= 11 is 0. The number of rotatable bonds is 3. The lowest BCUT2D eigenvalue weighted by Gasteiger charge is -2.22. The number of hydrogen-bond donors (Lipinski definition) is 1. The highest BCUT2D eigenvalue weighted by Crippen LogP contribution is 2.12. The van der Waals surface area contributed by atoms with Gasteiger partial charge in [0.1, 0.15) is 0 Å². The molecule has 5 heteroatoms. The molecule has 2 amide bonds. The predicted octanol–water partition coefficient (Wildman–Crippen LogP) is 2.19. The zero-order valence-corrected chi connectivity index (χ0v) is 14.2. The molecule has 5 nitrogen and oxygen atoms in total. The molecule has 2 N–H and O–H groups in total. The number of hydrogen-bond acceptors (Lipinski definition) is 3. The highest BCUT2D eigenvalue weighted by atomic mass is 16.2. The summed E-state index contributed by atoms with van der Waals surface area (Å²) in [6, 6.07) is 16.7. The Bertz CT molecular complexity index is 728. The quantitative estimate of drug-likeness (QED) is 0.873. The van der Waals surface area contributed by atoms with Gasteiger partial charge in [0.25, 0.3) is 5.91 Å². The first-order valence-electron chi connectivity index (χ1n) is 8.60. The van der Waals surface area contributed by atoms with Gasteiger partial charge < -0.3 is 15.5 Å². The Kier molecular flexibility index (Phi) is 5.33. The van der Waals surface area contributed by atoms with Crippen LogP contribution in [-0.2, 0) is 11.2 Å². The van der Waals surface area contributed by atoms with Gasteiger partial charge in [0, 0.05) is 37.4 Å². The summed E-state index contributed by atoms with van der Waals surface area (Å²) in [7, 11) is 0. The van der Waals surface area contributed by atoms with E-state index in [0.29, 0.717) is 43.9 Å². The molecule has 1 aliphatic rings. The van der Waals surface area contributed by atoms with E-state index >= 15 is 0 Å². The molecule has 0 bridgehead atoms. The highest BCUT2D eigenvalue weighted by molar-refractivity contribution is 5.94. The molecule has 0 atom stereocenters. The number of carbonyl (C=O) groups excluding carboxylic acids is 2. The Morgan fingerprint density at radius 3 is 2.20 bits per heavy atom. The molecule has 1 fully saturated rings. The fourth-order valence-corrected chi connectivity index (χ4v) is 3.06. The smallest absolute Gasteiger partial charge is 0.253 e. The minimum atomic E-state index is 0.0356. The molecule has 0 radical (unpaired) electrons. The third-order valence-electron chi connectivity index (χ3n) is 4.49. The van der Waals surface area contributed by atoms with Crippen molar-refractivity contribution in [2.45, 2.75) is 12.8 Å². The Morgan fingerprint density at radius 1 is 0.840 bits per heavy atom. The largest absolute Gasteiger partial charge is 0.399 e. The van der Waals surface area contributed by atoms with E-state index in [1.54, 1.807) is 0 Å². The van der Waals surface area contributed by atoms with Gasteiger partial charge in [-0.1, -0.05) is 30.3 Å². The highest BCUT2D eigenvalue weighted by Gasteiger charge is 2.22. The molecule has 1 heterocycles. The molecular formula is C20H23N3O2. The van der Waals surface area contributed by atoms with Gasteiger partial charge in [-0.2, -0.15) is 0 Å². The van der Waals surface area contributed by atoms with Crippen molar-refractivity contribution in [2.24, 2.45) is 0 Å². The van der Waals surface area contributed by atoms with E-state index < -0.39 is 0 Å². The van der Waals surface area contributed by atoms with Gasteiger partial charge in [0.15, 0.2) is 0 Å². The molecule has 0 saturated carbocycles. The van der Waals surface area contributed by atoms with Crippen molar-refractivity contribution in [2.75, 3.05) is 31.9 Å². The van der Waals surface area contributed by atoms with E-state index in [-0.39, 0.29) is 11.8 Å². The lowest BCUT2D eigenvalue weighted by molar-refractivity contribution is -0.130. The third kappa shape index (κ3) is 4.38. The van der Waals surface area contributed by atoms with Crippen LogP contribution in [0.4, 0.5) is 5.69 Å². The average Bonchev–Trinajstić information content (AvgIpc) is 2.90. The van der Waals surface area contributed by atoms with Gasteiger partial charge in [0.2, 0.25) is 5.91 Å². The van der Waals surface area contributed by atoms with Gasteiger partial charge in [-0.25, -0.2) is 0 Å². The number of nitrogens with two attached hydrogens (primary N) is 1. The van der Waals surface area contributed by atoms with Crippen molar-refractivity contribution in [3.63, 3.8) is 0 Å². The Balaban J connectivity index is 1.58. The molecule has 1 saturated heterocycles. The zero-order valence-electron chi connectivity index (χ0n) is 14.2. The molecule has 0 unspecified atom stereocenters. The molecule has 25 heavy (non-hydrogen) atoms. The Morgan fingerprint density at radius 2 is 1.48 bits per heavy atom. The molecular weight excluding hydrogens is 314 g/mol. The standard InChI is InChI=1S/C20H23N3O2/c21-18-9-7-16(8-10-18)15-19(24)22-11-4-12-23(14-13-22)20(25)17-5-2-1-3-6-17/h1-3,5-10H,4,11-15,21H2. The molecule has 130 valence electrons. The van der Waals surface area contributed by atoms with Gasteiger partial charge in [-0.15, -0.1) is 0 Å². The van der Waals surface area contributed by atoms with Crippen molar-refractivity contribution in [3.8, 4) is 0 Å². The number of amides is 2. The minimum absolute atomic E-state index is 0.0356. The summed E-state index contributed by atoms with van der Waals surface area (Å²) < 4.78 is 0. The van der Waals surface area contributed by atoms with Gasteiger partial charge in [-0.05, 0) is 36.2 Å². The summed E-state index contributed by atoms with van der Waals surface area (Å²) in [5.41, 5.74) is 8.03. The SMILES string of the molecule is Nc1ccc(CC(=O)N2CCCN(C(=O)c3ccccc3)CC2)cc1. The summed E-state index contributed by atoms with van der Waals surface area (Å²) in [4.78, 5) is 28.8. The van der Waals surface area contributed by atoms with Crippen LogP contribution in [0.15, 0.2) is 54.6 Å². The maximum absolute atomic E-state index is 12.6. The summed E-state index contributed by atoms with van der Waals surface area (Å²) in [5.74, 6) is 0.132. The number of carbonyl (C=O) groups is 2. The fraction of sp³-hybridized carbons (Fsp3) is 0.300. The van der Waals surface area contributed by atoms with E-state index in [0.717, 1.165) is 12.0 Å². The second-order valence-corrected chi connectivity index (χ2v) is 6.31. The van der Waals surface area contributed by atoms with E-state index in [4.69, 9.17) is 5.73 Å². The monoisotopic (exact) mass is 337 g/mol. The molecule has 0 aromatic heterocycles. The van der Waals surface area contributed by atoms with Crippen molar-refractivity contribution in [3.05, 3.63) is 65.7 Å². The van der Waals surface area contributed by atoms with Crippen LogP contribution >= 0.6 is 0 Å². The van der Waals surface area contributed by atoms with Crippen molar-refractivity contribution >= 4 is 17.5 Å². The number of nitrogens with zero attached hydrogens (tertiary/aromatic N) is 2. The average molecular weight is 337 g/mol. The van der Waals surface area contributed by atoms with Gasteiger partial charge in [-0.3, -0.25) is 9.59 Å². The molecule has 2 aromatic carbocycles. The summed E-state index contributed by atoms with van der Waals surface area (Å²) in [6.07, 6.45) is 1.17. The zero-order chi connectivity index (χ0) is 17.6. The first kappa shape index (κ1) is 17.0. The molecule has 3 rings (SSSR count). The normalized spacial score (nSPS) is 14.9. The Hall–Kier alpha value is -2.82. The molecule has 0 spiro atoms. The van der Waals surface area contributed by atoms with Crippen LogP contribution in [-0.4, -0.2) is 47.8 Å². The Labute approximate surface area is 148 Å². The number of anilines is 1. The third-order valence-corrected chi connectivity index (χ3v) is 4.49. The van der Waals surface area contributed by atoms with Crippen LogP contribution < -0.4 is 5.73 Å². The molecule has 1 aliphatic heterocycles. The van der Waals surface area contributed by atoms with Crippen LogP contribution in [0.3, 0.4) is 0 Å². The van der Waals surface area contributed by atoms with E-state index in [2.05, 4.69) is 0 Å². The first-order valence-corrected chi connectivity index (χ1v) is 8.60. The van der Waals surface area contributed by atoms with Crippen LogP contribution in [0.5, 0.6) is 0 Å². The topological polar surface area (TPSA) is 66.6 Å². The van der Waals surface area contributed by atoms with Gasteiger partial charge in [0.05, 0.1) is 6.42 Å². The maximum atomic E-state index is 12.6. The summed E-state index contributed by atoms with van der Waals surface area (Å²) in [5, 5.41) is 0. The first-order chi connectivity index (χ1) is 12.1. The summed E-state index contributed by atoms with van der Waals surface area (Å²) in [6.45, 7) is 2.51. The predicted molar refractivity (Wildman–Crippen MR) is 98.1 cm³/mol. The van der Waals surface area contributed by atoms with E-state index in [9.17, 15) is 9.59 Å². The number of nitrogen functional groups attached to an aromatic ring is 1. The second-order valence-electron chi connectivity index (χ2n) is 6.31. The van der Waals surface area contributed by atoms with Gasteiger partial charge >= 0.3 is 0 Å². The molecule has 0 aliphatic carbocycles. The maximum Gasteiger partial charge on any atom is 0.253 e. The van der Waals surface area contributed by atoms with Crippen LogP contribution in [0.25, 0.3) is 0 Å². The lowest BCUT2D eigenvalue weighted by atomic mass is 10.1. The van der Waals surface area contributed by atoms with Crippen molar-refractivity contribution in [1.29, 1.82) is 0 Å².